The normalized spacial score (nSPS) is 16.0. The summed E-state index contributed by atoms with van der Waals surface area (Å²) in [5, 5.41) is 3.03. The van der Waals surface area contributed by atoms with Gasteiger partial charge in [0, 0.05) is 18.0 Å². The van der Waals surface area contributed by atoms with Crippen LogP contribution in [0.2, 0.25) is 0 Å². The molecule has 3 nitrogen and oxygen atoms in total. The van der Waals surface area contributed by atoms with Crippen molar-refractivity contribution in [1.29, 1.82) is 0 Å². The summed E-state index contributed by atoms with van der Waals surface area (Å²) >= 11 is 1.83. The molecule has 2 amide bonds. The maximum Gasteiger partial charge on any atom is 0.317 e. The predicted molar refractivity (Wildman–Crippen MR) is 76.0 cm³/mol. The number of carbonyl (C=O) groups excluding carboxylic acids is 1. The zero-order valence-corrected chi connectivity index (χ0v) is 11.8. The lowest BCUT2D eigenvalue weighted by Crippen LogP contribution is -2.48. The van der Waals surface area contributed by atoms with E-state index in [0.29, 0.717) is 0 Å². The summed E-state index contributed by atoms with van der Waals surface area (Å²) in [5.41, 5.74) is 1.16. The molecule has 0 bridgehead atoms. The monoisotopic (exact) mass is 264 g/mol. The van der Waals surface area contributed by atoms with Crippen molar-refractivity contribution in [1.82, 2.24) is 10.2 Å². The molecule has 1 fully saturated rings. The molecule has 0 saturated carbocycles. The van der Waals surface area contributed by atoms with Crippen LogP contribution in [0.3, 0.4) is 0 Å². The van der Waals surface area contributed by atoms with Gasteiger partial charge in [-0.05, 0) is 36.8 Å². The highest BCUT2D eigenvalue weighted by Gasteiger charge is 2.21. The number of thioether (sulfide) groups is 1. The molecule has 0 radical (unpaired) electrons. The molecule has 1 aromatic rings. The Labute approximate surface area is 113 Å². The topological polar surface area (TPSA) is 32.3 Å². The Hall–Kier alpha value is -1.16. The maximum absolute atomic E-state index is 11.8. The van der Waals surface area contributed by atoms with Gasteiger partial charge in [0.25, 0.3) is 0 Å². The van der Waals surface area contributed by atoms with Crippen molar-refractivity contribution >= 4 is 17.8 Å². The second-order valence-electron chi connectivity index (χ2n) is 4.51. The van der Waals surface area contributed by atoms with E-state index in [-0.39, 0.29) is 12.1 Å². The third kappa shape index (κ3) is 3.19. The zero-order valence-electron chi connectivity index (χ0n) is 11.0. The summed E-state index contributed by atoms with van der Waals surface area (Å²) in [4.78, 5) is 14.9. The Bertz CT molecular complexity index is 401. The quantitative estimate of drug-likeness (QED) is 0.846. The molecule has 0 spiro atoms. The van der Waals surface area contributed by atoms with Crippen molar-refractivity contribution in [2.75, 3.05) is 18.8 Å². The summed E-state index contributed by atoms with van der Waals surface area (Å²) < 4.78 is 0. The highest BCUT2D eigenvalue weighted by atomic mass is 32.2. The predicted octanol–water partition coefficient (Wildman–Crippen LogP) is 3.27. The highest BCUT2D eigenvalue weighted by Crippen LogP contribution is 2.21. The molecule has 1 aliphatic rings. The van der Waals surface area contributed by atoms with Crippen molar-refractivity contribution in [3.05, 3.63) is 29.8 Å². The van der Waals surface area contributed by atoms with Crippen LogP contribution >= 0.6 is 11.8 Å². The van der Waals surface area contributed by atoms with Gasteiger partial charge >= 0.3 is 6.03 Å². The minimum atomic E-state index is 0.0563. The number of hydrogen-bond donors (Lipinski definition) is 1. The fourth-order valence-electron chi connectivity index (χ4n) is 1.90. The van der Waals surface area contributed by atoms with Gasteiger partial charge in [-0.1, -0.05) is 19.1 Å². The molecular formula is C14H20N2OS. The van der Waals surface area contributed by atoms with E-state index >= 15 is 0 Å². The van der Waals surface area contributed by atoms with Crippen LogP contribution in [0.15, 0.2) is 29.2 Å². The highest BCUT2D eigenvalue weighted by molar-refractivity contribution is 7.99. The smallest absolute Gasteiger partial charge is 0.317 e. The Morgan fingerprint density at radius 1 is 1.39 bits per heavy atom. The first kappa shape index (κ1) is 13.3. The number of hydrogen-bond acceptors (Lipinski definition) is 2. The average molecular weight is 264 g/mol. The van der Waals surface area contributed by atoms with E-state index in [1.54, 1.807) is 0 Å². The van der Waals surface area contributed by atoms with Gasteiger partial charge in [-0.2, -0.15) is 0 Å². The molecule has 0 unspecified atom stereocenters. The van der Waals surface area contributed by atoms with Gasteiger partial charge in [0.05, 0.1) is 6.04 Å². The number of carbonyl (C=O) groups is 1. The van der Waals surface area contributed by atoms with E-state index < -0.39 is 0 Å². The van der Waals surface area contributed by atoms with Gasteiger partial charge in [-0.3, -0.25) is 0 Å². The van der Waals surface area contributed by atoms with Gasteiger partial charge in [0.1, 0.15) is 0 Å². The third-order valence-electron chi connectivity index (χ3n) is 3.17. The number of benzene rings is 1. The lowest BCUT2D eigenvalue weighted by molar-refractivity contribution is 0.164. The van der Waals surface area contributed by atoms with Crippen LogP contribution in [0.4, 0.5) is 4.79 Å². The first-order chi connectivity index (χ1) is 8.70. The molecule has 1 saturated heterocycles. The minimum Gasteiger partial charge on any atom is -0.331 e. The second-order valence-corrected chi connectivity index (χ2v) is 5.85. The van der Waals surface area contributed by atoms with Crippen molar-refractivity contribution in [2.45, 2.75) is 31.2 Å². The molecule has 0 aromatic heterocycles. The fraction of sp³-hybridized carbons (Fsp3) is 0.500. The molecule has 1 N–H and O–H groups in total. The molecule has 2 rings (SSSR count). The molecule has 1 heterocycles. The molecule has 1 aromatic carbocycles. The third-order valence-corrected chi connectivity index (χ3v) is 4.07. The van der Waals surface area contributed by atoms with E-state index in [1.165, 1.54) is 4.90 Å². The average Bonchev–Trinajstić information content (AvgIpc) is 2.27. The lowest BCUT2D eigenvalue weighted by Gasteiger charge is -2.32. The number of amides is 2. The van der Waals surface area contributed by atoms with Crippen molar-refractivity contribution in [3.8, 4) is 0 Å². The van der Waals surface area contributed by atoms with Gasteiger partial charge < -0.3 is 10.2 Å². The molecule has 18 heavy (non-hydrogen) atoms. The molecule has 0 aliphatic carbocycles. The van der Waals surface area contributed by atoms with Crippen molar-refractivity contribution in [2.24, 2.45) is 0 Å². The van der Waals surface area contributed by atoms with Crippen LogP contribution in [0.25, 0.3) is 0 Å². The van der Waals surface area contributed by atoms with Gasteiger partial charge in [-0.15, -0.1) is 11.8 Å². The Morgan fingerprint density at radius 2 is 2.06 bits per heavy atom. The van der Waals surface area contributed by atoms with Crippen LogP contribution < -0.4 is 5.32 Å². The van der Waals surface area contributed by atoms with Crippen LogP contribution in [0.1, 0.15) is 31.9 Å². The molecular weight excluding hydrogens is 244 g/mol. The fourth-order valence-corrected chi connectivity index (χ4v) is 2.56. The SMILES string of the molecule is CCSc1ccc([C@H](C)NC(=O)N2CCC2)cc1. The number of likely N-dealkylation sites (tertiary alicyclic amines) is 1. The number of urea groups is 1. The van der Waals surface area contributed by atoms with Crippen LogP contribution in [-0.2, 0) is 0 Å². The summed E-state index contributed by atoms with van der Waals surface area (Å²) in [7, 11) is 0. The van der Waals surface area contributed by atoms with Crippen molar-refractivity contribution in [3.63, 3.8) is 0 Å². The minimum absolute atomic E-state index is 0.0563. The second kappa shape index (κ2) is 6.14. The van der Waals surface area contributed by atoms with Gasteiger partial charge in [-0.25, -0.2) is 4.79 Å². The van der Waals surface area contributed by atoms with Gasteiger partial charge in [0.15, 0.2) is 0 Å². The Kier molecular flexibility index (Phi) is 4.53. The van der Waals surface area contributed by atoms with E-state index in [4.69, 9.17) is 0 Å². The molecule has 4 heteroatoms. The van der Waals surface area contributed by atoms with Crippen molar-refractivity contribution < 1.29 is 4.79 Å². The lowest BCUT2D eigenvalue weighted by atomic mass is 10.1. The standard InChI is InChI=1S/C14H20N2OS/c1-3-18-13-7-5-12(6-8-13)11(2)15-14(17)16-9-4-10-16/h5-8,11H,3-4,9-10H2,1-2H3,(H,15,17)/t11-/m0/s1. The molecule has 1 aliphatic heterocycles. The number of nitrogens with zero attached hydrogens (tertiary/aromatic N) is 1. The van der Waals surface area contributed by atoms with E-state index in [2.05, 4.69) is 36.5 Å². The first-order valence-electron chi connectivity index (χ1n) is 6.49. The molecule has 1 atom stereocenters. The summed E-state index contributed by atoms with van der Waals surface area (Å²) in [5.74, 6) is 1.08. The van der Waals surface area contributed by atoms with Crippen LogP contribution in [0, 0.1) is 0 Å². The van der Waals surface area contributed by atoms with E-state index in [1.807, 2.05) is 23.6 Å². The summed E-state index contributed by atoms with van der Waals surface area (Å²) in [6.45, 7) is 5.96. The van der Waals surface area contributed by atoms with E-state index in [0.717, 1.165) is 30.8 Å². The van der Waals surface area contributed by atoms with Crippen LogP contribution in [-0.4, -0.2) is 29.8 Å². The summed E-state index contributed by atoms with van der Waals surface area (Å²) in [6, 6.07) is 8.56. The van der Waals surface area contributed by atoms with Gasteiger partial charge in [0.2, 0.25) is 0 Å². The number of rotatable bonds is 4. The Balaban J connectivity index is 1.91. The largest absolute Gasteiger partial charge is 0.331 e. The van der Waals surface area contributed by atoms with Crippen LogP contribution in [0.5, 0.6) is 0 Å². The zero-order chi connectivity index (χ0) is 13.0. The first-order valence-corrected chi connectivity index (χ1v) is 7.47. The van der Waals surface area contributed by atoms with E-state index in [9.17, 15) is 4.79 Å². The maximum atomic E-state index is 11.8. The Morgan fingerprint density at radius 3 is 2.56 bits per heavy atom. The molecule has 98 valence electrons. The summed E-state index contributed by atoms with van der Waals surface area (Å²) in [6.07, 6.45) is 1.13. The number of nitrogens with one attached hydrogen (secondary N) is 1.